The molecule has 1 aromatic heterocycles. The maximum Gasteiger partial charge on any atom is 0.410 e. The van der Waals surface area contributed by atoms with Crippen LogP contribution in [0, 0.1) is 0 Å². The summed E-state index contributed by atoms with van der Waals surface area (Å²) in [5, 5.41) is 12.6. The molecule has 0 radical (unpaired) electrons. The van der Waals surface area contributed by atoms with Crippen molar-refractivity contribution in [1.82, 2.24) is 25.1 Å². The number of likely N-dealkylation sites (tertiary alicyclic amines) is 1. The lowest BCUT2D eigenvalue weighted by Gasteiger charge is -2.38. The molecule has 2 aromatic rings. The zero-order chi connectivity index (χ0) is 19.6. The van der Waals surface area contributed by atoms with Crippen molar-refractivity contribution in [2.75, 3.05) is 20.2 Å². The first-order valence-corrected chi connectivity index (χ1v) is 8.91. The molecule has 27 heavy (non-hydrogen) atoms. The van der Waals surface area contributed by atoms with Crippen molar-refractivity contribution in [1.29, 1.82) is 0 Å². The smallest absolute Gasteiger partial charge is 0.410 e. The Labute approximate surface area is 158 Å². The molecule has 0 bridgehead atoms. The molecule has 9 heteroatoms. The molecule has 1 aromatic carbocycles. The van der Waals surface area contributed by atoms with E-state index < -0.39 is 5.60 Å². The van der Waals surface area contributed by atoms with Crippen molar-refractivity contribution in [2.24, 2.45) is 5.73 Å². The van der Waals surface area contributed by atoms with Gasteiger partial charge in [0.2, 0.25) is 0 Å². The molecule has 2 N–H and O–H groups in total. The standard InChI is InChI=1S/C18H26N6O3/c1-18(2,3)27-17(25)23-10-13(11-23)24-21-16(20-22-24)15(19)9-12-5-7-14(26-4)8-6-12/h5-8,13,15H,9-11,19H2,1-4H3/t15-/m0/s1. The number of aromatic nitrogens is 4. The number of tetrazole rings is 1. The van der Waals surface area contributed by atoms with Crippen molar-refractivity contribution in [2.45, 2.75) is 44.9 Å². The Morgan fingerprint density at radius 2 is 1.96 bits per heavy atom. The number of hydrogen-bond donors (Lipinski definition) is 1. The lowest BCUT2D eigenvalue weighted by Crippen LogP contribution is -2.52. The number of benzene rings is 1. The van der Waals surface area contributed by atoms with Gasteiger partial charge in [0.1, 0.15) is 17.4 Å². The van der Waals surface area contributed by atoms with Crippen LogP contribution in [0.25, 0.3) is 0 Å². The van der Waals surface area contributed by atoms with Crippen LogP contribution in [0.4, 0.5) is 4.79 Å². The summed E-state index contributed by atoms with van der Waals surface area (Å²) in [6.45, 7) is 6.53. The molecular weight excluding hydrogens is 348 g/mol. The van der Waals surface area contributed by atoms with E-state index in [0.717, 1.165) is 11.3 Å². The molecule has 2 heterocycles. The molecular formula is C18H26N6O3. The van der Waals surface area contributed by atoms with Gasteiger partial charge in [0, 0.05) is 0 Å². The number of hydrogen-bond acceptors (Lipinski definition) is 7. The van der Waals surface area contributed by atoms with Crippen LogP contribution in [0.5, 0.6) is 5.75 Å². The quantitative estimate of drug-likeness (QED) is 0.848. The lowest BCUT2D eigenvalue weighted by molar-refractivity contribution is -0.00249. The third kappa shape index (κ3) is 4.73. The normalized spacial score (nSPS) is 16.0. The van der Waals surface area contributed by atoms with Crippen molar-refractivity contribution < 1.29 is 14.3 Å². The third-order valence-electron chi connectivity index (χ3n) is 4.23. The van der Waals surface area contributed by atoms with Gasteiger partial charge < -0.3 is 20.1 Å². The second kappa shape index (κ2) is 7.51. The molecule has 3 rings (SSSR count). The van der Waals surface area contributed by atoms with Crippen LogP contribution in [0.3, 0.4) is 0 Å². The minimum atomic E-state index is -0.505. The van der Waals surface area contributed by atoms with Crippen molar-refractivity contribution >= 4 is 6.09 Å². The van der Waals surface area contributed by atoms with E-state index in [1.54, 1.807) is 12.0 Å². The molecule has 146 valence electrons. The predicted molar refractivity (Wildman–Crippen MR) is 98.3 cm³/mol. The van der Waals surface area contributed by atoms with E-state index in [2.05, 4.69) is 15.4 Å². The number of nitrogens with zero attached hydrogens (tertiary/aromatic N) is 5. The van der Waals surface area contributed by atoms with E-state index >= 15 is 0 Å². The molecule has 1 aliphatic rings. The fourth-order valence-electron chi connectivity index (χ4n) is 2.72. The molecule has 1 aliphatic heterocycles. The van der Waals surface area contributed by atoms with Crippen LogP contribution in [-0.4, -0.2) is 57.0 Å². The molecule has 1 saturated heterocycles. The first-order chi connectivity index (χ1) is 12.7. The summed E-state index contributed by atoms with van der Waals surface area (Å²) in [5.74, 6) is 1.29. The number of ether oxygens (including phenoxy) is 2. The summed E-state index contributed by atoms with van der Waals surface area (Å²) in [4.78, 5) is 15.1. The maximum absolute atomic E-state index is 12.0. The van der Waals surface area contributed by atoms with Crippen LogP contribution in [-0.2, 0) is 11.2 Å². The van der Waals surface area contributed by atoms with E-state index in [1.165, 1.54) is 4.80 Å². The van der Waals surface area contributed by atoms with E-state index in [4.69, 9.17) is 15.2 Å². The average molecular weight is 374 g/mol. The number of methoxy groups -OCH3 is 1. The monoisotopic (exact) mass is 374 g/mol. The Kier molecular flexibility index (Phi) is 5.31. The highest BCUT2D eigenvalue weighted by atomic mass is 16.6. The highest BCUT2D eigenvalue weighted by molar-refractivity contribution is 5.69. The van der Waals surface area contributed by atoms with Gasteiger partial charge in [-0.1, -0.05) is 12.1 Å². The van der Waals surface area contributed by atoms with E-state index in [1.807, 2.05) is 45.0 Å². The SMILES string of the molecule is COc1ccc(C[C@H](N)c2nnn(C3CN(C(=O)OC(C)(C)C)C3)n2)cc1. The molecule has 1 atom stereocenters. The van der Waals surface area contributed by atoms with Gasteiger partial charge in [0.15, 0.2) is 5.82 Å². The largest absolute Gasteiger partial charge is 0.497 e. The molecule has 1 fully saturated rings. The zero-order valence-corrected chi connectivity index (χ0v) is 16.1. The fraction of sp³-hybridized carbons (Fsp3) is 0.556. The molecule has 0 spiro atoms. The second-order valence-electron chi connectivity index (χ2n) is 7.67. The van der Waals surface area contributed by atoms with Crippen molar-refractivity contribution in [3.05, 3.63) is 35.7 Å². The number of amides is 1. The van der Waals surface area contributed by atoms with Crippen LogP contribution in [0.1, 0.15) is 44.2 Å². The predicted octanol–water partition coefficient (Wildman–Crippen LogP) is 1.72. The Balaban J connectivity index is 1.53. The minimum absolute atomic E-state index is 0.00745. The molecule has 9 nitrogen and oxygen atoms in total. The van der Waals surface area contributed by atoms with Gasteiger partial charge in [0.25, 0.3) is 0 Å². The molecule has 0 aliphatic carbocycles. The van der Waals surface area contributed by atoms with Gasteiger partial charge in [-0.2, -0.15) is 4.80 Å². The first-order valence-electron chi connectivity index (χ1n) is 8.91. The van der Waals surface area contributed by atoms with Gasteiger partial charge in [-0.05, 0) is 50.1 Å². The summed E-state index contributed by atoms with van der Waals surface area (Å²) >= 11 is 0. The van der Waals surface area contributed by atoms with Gasteiger partial charge in [0.05, 0.1) is 26.2 Å². The van der Waals surface area contributed by atoms with Crippen molar-refractivity contribution in [3.63, 3.8) is 0 Å². The van der Waals surface area contributed by atoms with Crippen molar-refractivity contribution in [3.8, 4) is 5.75 Å². The minimum Gasteiger partial charge on any atom is -0.497 e. The van der Waals surface area contributed by atoms with Crippen LogP contribution >= 0.6 is 0 Å². The highest BCUT2D eigenvalue weighted by Gasteiger charge is 2.36. The van der Waals surface area contributed by atoms with E-state index in [9.17, 15) is 4.79 Å². The van der Waals surface area contributed by atoms with E-state index in [0.29, 0.717) is 25.3 Å². The van der Waals surface area contributed by atoms with Crippen LogP contribution in [0.15, 0.2) is 24.3 Å². The summed E-state index contributed by atoms with van der Waals surface area (Å²) in [5.41, 5.74) is 6.79. The van der Waals surface area contributed by atoms with Crippen LogP contribution < -0.4 is 10.5 Å². The van der Waals surface area contributed by atoms with E-state index in [-0.39, 0.29) is 18.2 Å². The topological polar surface area (TPSA) is 108 Å². The van der Waals surface area contributed by atoms with Gasteiger partial charge in [-0.25, -0.2) is 4.79 Å². The second-order valence-corrected chi connectivity index (χ2v) is 7.67. The average Bonchev–Trinajstić information content (AvgIpc) is 3.02. The van der Waals surface area contributed by atoms with Gasteiger partial charge in [-0.3, -0.25) is 0 Å². The number of carbonyl (C=O) groups excluding carboxylic acids is 1. The number of carbonyl (C=O) groups is 1. The molecule has 0 saturated carbocycles. The summed E-state index contributed by atoms with van der Waals surface area (Å²) in [6, 6.07) is 7.36. The summed E-state index contributed by atoms with van der Waals surface area (Å²) in [7, 11) is 1.63. The van der Waals surface area contributed by atoms with Gasteiger partial charge >= 0.3 is 6.09 Å². The zero-order valence-electron chi connectivity index (χ0n) is 16.1. The summed E-state index contributed by atoms with van der Waals surface area (Å²) < 4.78 is 10.5. The van der Waals surface area contributed by atoms with Crippen LogP contribution in [0.2, 0.25) is 0 Å². The third-order valence-corrected chi connectivity index (χ3v) is 4.23. The Hall–Kier alpha value is -2.68. The summed E-state index contributed by atoms with van der Waals surface area (Å²) in [6.07, 6.45) is 0.278. The number of nitrogens with two attached hydrogens (primary N) is 1. The van der Waals surface area contributed by atoms with Gasteiger partial charge in [-0.15, -0.1) is 10.2 Å². The Morgan fingerprint density at radius 3 is 2.56 bits per heavy atom. The fourth-order valence-corrected chi connectivity index (χ4v) is 2.72. The molecule has 1 amide bonds. The Morgan fingerprint density at radius 1 is 1.30 bits per heavy atom. The maximum atomic E-state index is 12.0. The molecule has 0 unspecified atom stereocenters. The lowest BCUT2D eigenvalue weighted by atomic mass is 10.1. The number of rotatable bonds is 5. The Bertz CT molecular complexity index is 777. The highest BCUT2D eigenvalue weighted by Crippen LogP contribution is 2.23. The first kappa shape index (κ1) is 19.1.